The highest BCUT2D eigenvalue weighted by Crippen LogP contribution is 2.34. The molecule has 0 spiro atoms. The Morgan fingerprint density at radius 1 is 1.05 bits per heavy atom. The summed E-state index contributed by atoms with van der Waals surface area (Å²) in [7, 11) is 1.99. The lowest BCUT2D eigenvalue weighted by molar-refractivity contribution is 0.628. The Balaban J connectivity index is 1.99. The Morgan fingerprint density at radius 2 is 1.74 bits per heavy atom. The van der Waals surface area contributed by atoms with Gasteiger partial charge in [-0.25, -0.2) is 4.39 Å². The molecule has 19 heavy (non-hydrogen) atoms. The summed E-state index contributed by atoms with van der Waals surface area (Å²) in [5.41, 5.74) is 2.10. The Bertz CT molecular complexity index is 656. The van der Waals surface area contributed by atoms with Gasteiger partial charge in [-0.15, -0.1) is 11.3 Å². The zero-order valence-electron chi connectivity index (χ0n) is 10.5. The first-order valence-corrected chi connectivity index (χ1v) is 6.84. The van der Waals surface area contributed by atoms with Crippen molar-refractivity contribution in [1.82, 2.24) is 4.57 Å². The van der Waals surface area contributed by atoms with Gasteiger partial charge < -0.3 is 9.47 Å². The molecule has 0 saturated heterocycles. The van der Waals surface area contributed by atoms with Crippen molar-refractivity contribution < 1.29 is 4.39 Å². The van der Waals surface area contributed by atoms with E-state index >= 15 is 0 Å². The summed E-state index contributed by atoms with van der Waals surface area (Å²) < 4.78 is 15.1. The third kappa shape index (κ3) is 2.27. The number of benzene rings is 1. The first-order valence-electron chi connectivity index (χ1n) is 5.96. The van der Waals surface area contributed by atoms with E-state index in [0.29, 0.717) is 0 Å². The second-order valence-electron chi connectivity index (χ2n) is 4.24. The van der Waals surface area contributed by atoms with Crippen LogP contribution in [-0.2, 0) is 0 Å². The van der Waals surface area contributed by atoms with Gasteiger partial charge in [0.05, 0.1) is 5.69 Å². The monoisotopic (exact) mass is 272 g/mol. The van der Waals surface area contributed by atoms with Crippen LogP contribution in [0.1, 0.15) is 0 Å². The van der Waals surface area contributed by atoms with E-state index in [1.54, 1.807) is 23.5 Å². The van der Waals surface area contributed by atoms with E-state index < -0.39 is 0 Å². The van der Waals surface area contributed by atoms with Crippen molar-refractivity contribution in [2.45, 2.75) is 0 Å². The van der Waals surface area contributed by atoms with Crippen molar-refractivity contribution in [3.63, 3.8) is 0 Å². The van der Waals surface area contributed by atoms with E-state index in [9.17, 15) is 4.39 Å². The van der Waals surface area contributed by atoms with Crippen molar-refractivity contribution in [1.29, 1.82) is 0 Å². The highest BCUT2D eigenvalue weighted by molar-refractivity contribution is 7.14. The number of hydrogen-bond donors (Lipinski definition) is 0. The predicted octanol–water partition coefficient (Wildman–Crippen LogP) is 4.45. The molecule has 0 unspecified atom stereocenters. The second-order valence-corrected chi connectivity index (χ2v) is 5.13. The summed E-state index contributed by atoms with van der Waals surface area (Å²) in [5, 5.41) is 3.19. The molecule has 96 valence electrons. The zero-order chi connectivity index (χ0) is 13.2. The highest BCUT2D eigenvalue weighted by Gasteiger charge is 2.12. The Hall–Kier alpha value is -2.07. The van der Waals surface area contributed by atoms with Crippen LogP contribution in [-0.4, -0.2) is 11.6 Å². The number of thiophene rings is 1. The molecule has 4 heteroatoms. The number of aromatic nitrogens is 1. The SMILES string of the molecule is CN(c1ccc(F)cc1)c1sccc1-n1cccc1. The van der Waals surface area contributed by atoms with Crippen molar-refractivity contribution in [2.24, 2.45) is 0 Å². The maximum Gasteiger partial charge on any atom is 0.123 e. The molecule has 0 aliphatic rings. The fourth-order valence-electron chi connectivity index (χ4n) is 2.02. The molecule has 0 N–H and O–H groups in total. The molecule has 0 bridgehead atoms. The smallest absolute Gasteiger partial charge is 0.123 e. The van der Waals surface area contributed by atoms with E-state index in [2.05, 4.69) is 20.9 Å². The molecule has 0 fully saturated rings. The second kappa shape index (κ2) is 4.90. The summed E-state index contributed by atoms with van der Waals surface area (Å²) in [6.07, 6.45) is 4.04. The molecular formula is C15H13FN2S. The summed E-state index contributed by atoms with van der Waals surface area (Å²) in [4.78, 5) is 2.07. The van der Waals surface area contributed by atoms with Gasteiger partial charge in [-0.05, 0) is 47.8 Å². The predicted molar refractivity (Wildman–Crippen MR) is 78.1 cm³/mol. The lowest BCUT2D eigenvalue weighted by Gasteiger charge is -2.19. The molecule has 2 aromatic heterocycles. The summed E-state index contributed by atoms with van der Waals surface area (Å²) >= 11 is 1.67. The van der Waals surface area contributed by atoms with E-state index in [-0.39, 0.29) is 5.82 Å². The van der Waals surface area contributed by atoms with Crippen LogP contribution < -0.4 is 4.90 Å². The third-order valence-corrected chi connectivity index (χ3v) is 4.00. The number of hydrogen-bond acceptors (Lipinski definition) is 2. The number of rotatable bonds is 3. The Labute approximate surface area is 115 Å². The number of anilines is 2. The number of halogens is 1. The molecule has 1 aromatic carbocycles. The molecule has 0 aliphatic heterocycles. The largest absolute Gasteiger partial charge is 0.335 e. The van der Waals surface area contributed by atoms with Crippen molar-refractivity contribution in [2.75, 3.05) is 11.9 Å². The van der Waals surface area contributed by atoms with E-state index in [4.69, 9.17) is 0 Å². The van der Waals surface area contributed by atoms with Gasteiger partial charge in [0.15, 0.2) is 0 Å². The van der Waals surface area contributed by atoms with Gasteiger partial charge in [-0.2, -0.15) is 0 Å². The fourth-order valence-corrected chi connectivity index (χ4v) is 2.90. The first kappa shape index (κ1) is 12.0. The maximum absolute atomic E-state index is 13.0. The molecule has 0 atom stereocenters. The van der Waals surface area contributed by atoms with Gasteiger partial charge in [-0.1, -0.05) is 0 Å². The van der Waals surface area contributed by atoms with Crippen LogP contribution in [0.15, 0.2) is 60.2 Å². The van der Waals surface area contributed by atoms with Gasteiger partial charge in [0.2, 0.25) is 0 Å². The minimum absolute atomic E-state index is 0.214. The minimum Gasteiger partial charge on any atom is -0.335 e. The van der Waals surface area contributed by atoms with Gasteiger partial charge in [0.1, 0.15) is 10.8 Å². The molecule has 0 saturated carbocycles. The molecular weight excluding hydrogens is 259 g/mol. The van der Waals surface area contributed by atoms with Crippen LogP contribution in [0.5, 0.6) is 0 Å². The third-order valence-electron chi connectivity index (χ3n) is 3.03. The molecule has 2 nitrogen and oxygen atoms in total. The number of nitrogens with zero attached hydrogens (tertiary/aromatic N) is 2. The molecule has 0 radical (unpaired) electrons. The van der Waals surface area contributed by atoms with Crippen LogP contribution in [0.3, 0.4) is 0 Å². The lowest BCUT2D eigenvalue weighted by atomic mass is 10.3. The maximum atomic E-state index is 13.0. The normalized spacial score (nSPS) is 10.6. The summed E-state index contributed by atoms with van der Waals surface area (Å²) in [6.45, 7) is 0. The average molecular weight is 272 g/mol. The van der Waals surface area contributed by atoms with Crippen LogP contribution in [0.25, 0.3) is 5.69 Å². The Kier molecular flexibility index (Phi) is 3.09. The lowest BCUT2D eigenvalue weighted by Crippen LogP contribution is -2.10. The van der Waals surface area contributed by atoms with Crippen LogP contribution in [0.4, 0.5) is 15.1 Å². The molecule has 3 rings (SSSR count). The standard InChI is InChI=1S/C15H13FN2S/c1-17(13-6-4-12(16)5-7-13)15-14(8-11-19-15)18-9-2-3-10-18/h2-11H,1H3. The first-order chi connectivity index (χ1) is 9.25. The van der Waals surface area contributed by atoms with Crippen molar-refractivity contribution >= 4 is 22.0 Å². The topological polar surface area (TPSA) is 8.17 Å². The van der Waals surface area contributed by atoms with E-state index in [1.807, 2.05) is 31.6 Å². The zero-order valence-corrected chi connectivity index (χ0v) is 11.3. The Morgan fingerprint density at radius 3 is 2.42 bits per heavy atom. The fraction of sp³-hybridized carbons (Fsp3) is 0.0667. The molecule has 3 aromatic rings. The highest BCUT2D eigenvalue weighted by atomic mass is 32.1. The summed E-state index contributed by atoms with van der Waals surface area (Å²) in [5.74, 6) is -0.214. The van der Waals surface area contributed by atoms with Crippen molar-refractivity contribution in [3.05, 3.63) is 66.1 Å². The van der Waals surface area contributed by atoms with Gasteiger partial charge in [-0.3, -0.25) is 0 Å². The molecule has 0 aliphatic carbocycles. The average Bonchev–Trinajstić information content (AvgIpc) is 3.09. The van der Waals surface area contributed by atoms with Gasteiger partial charge in [0, 0.05) is 25.1 Å². The van der Waals surface area contributed by atoms with Crippen LogP contribution in [0.2, 0.25) is 0 Å². The molecule has 2 heterocycles. The van der Waals surface area contributed by atoms with Crippen molar-refractivity contribution in [3.8, 4) is 5.69 Å². The van der Waals surface area contributed by atoms with Gasteiger partial charge in [0.25, 0.3) is 0 Å². The van der Waals surface area contributed by atoms with Crippen LogP contribution in [0, 0.1) is 5.82 Å². The quantitative estimate of drug-likeness (QED) is 0.684. The van der Waals surface area contributed by atoms with Crippen LogP contribution >= 0.6 is 11.3 Å². The molecule has 0 amide bonds. The van der Waals surface area contributed by atoms with E-state index in [0.717, 1.165) is 16.4 Å². The summed E-state index contributed by atoms with van der Waals surface area (Å²) in [6, 6.07) is 12.6. The van der Waals surface area contributed by atoms with Gasteiger partial charge >= 0.3 is 0 Å². The van der Waals surface area contributed by atoms with E-state index in [1.165, 1.54) is 12.1 Å². The minimum atomic E-state index is -0.214.